The molecule has 0 saturated carbocycles. The van der Waals surface area contributed by atoms with Gasteiger partial charge < -0.3 is 9.80 Å². The molecule has 1 heterocycles. The van der Waals surface area contributed by atoms with Gasteiger partial charge in [-0.15, -0.1) is 0 Å². The largest absolute Gasteiger partial charge is 0.342 e. The van der Waals surface area contributed by atoms with Crippen molar-refractivity contribution in [2.75, 3.05) is 52.4 Å². The summed E-state index contributed by atoms with van der Waals surface area (Å²) in [7, 11) is 0. The number of carbonyl (C=O) groups is 1. The van der Waals surface area contributed by atoms with Crippen LogP contribution in [-0.2, 0) is 4.79 Å². The molecular weight excluding hydrogens is 202 g/mol. The maximum atomic E-state index is 11.9. The quantitative estimate of drug-likeness (QED) is 0.684. The zero-order valence-electron chi connectivity index (χ0n) is 10.9. The Morgan fingerprint density at radius 3 is 1.94 bits per heavy atom. The third kappa shape index (κ3) is 3.76. The van der Waals surface area contributed by atoms with E-state index in [1.165, 1.54) is 0 Å². The molecule has 94 valence electrons. The molecular formula is C12H25N3O. The molecule has 1 fully saturated rings. The summed E-state index contributed by atoms with van der Waals surface area (Å²) in [5.41, 5.74) is 0. The molecule has 4 nitrogen and oxygen atoms in total. The Balaban J connectivity index is 2.30. The molecule has 0 atom stereocenters. The van der Waals surface area contributed by atoms with E-state index in [2.05, 4.69) is 16.7 Å². The number of piperazine rings is 1. The summed E-state index contributed by atoms with van der Waals surface area (Å²) in [5.74, 6) is 0.273. The van der Waals surface area contributed by atoms with Gasteiger partial charge in [0.2, 0.25) is 5.91 Å². The van der Waals surface area contributed by atoms with Crippen LogP contribution in [0.15, 0.2) is 0 Å². The van der Waals surface area contributed by atoms with Crippen molar-refractivity contribution in [3.8, 4) is 0 Å². The molecule has 4 heteroatoms. The van der Waals surface area contributed by atoms with E-state index >= 15 is 0 Å². The molecule has 0 aromatic carbocycles. The number of nitrogens with zero attached hydrogens (tertiary/aromatic N) is 3. The van der Waals surface area contributed by atoms with Crippen molar-refractivity contribution in [1.82, 2.24) is 14.7 Å². The molecule has 0 unspecified atom stereocenters. The normalized spacial score (nSPS) is 18.7. The van der Waals surface area contributed by atoms with Crippen LogP contribution in [0.5, 0.6) is 0 Å². The van der Waals surface area contributed by atoms with Gasteiger partial charge in [0.25, 0.3) is 0 Å². The molecule has 1 amide bonds. The molecule has 0 bridgehead atoms. The van der Waals surface area contributed by atoms with Crippen LogP contribution in [-0.4, -0.2) is 73.0 Å². The van der Waals surface area contributed by atoms with Gasteiger partial charge in [0, 0.05) is 39.3 Å². The molecule has 1 rings (SSSR count). The van der Waals surface area contributed by atoms with Crippen LogP contribution in [0.4, 0.5) is 0 Å². The lowest BCUT2D eigenvalue weighted by molar-refractivity contribution is -0.132. The van der Waals surface area contributed by atoms with Gasteiger partial charge >= 0.3 is 0 Å². The number of likely N-dealkylation sites (N-methyl/N-ethyl adjacent to an activating group) is 2. The predicted molar refractivity (Wildman–Crippen MR) is 66.5 cm³/mol. The second-order valence-corrected chi connectivity index (χ2v) is 4.28. The fraction of sp³-hybridized carbons (Fsp3) is 0.917. The molecule has 16 heavy (non-hydrogen) atoms. The maximum absolute atomic E-state index is 11.9. The minimum Gasteiger partial charge on any atom is -0.342 e. The first kappa shape index (κ1) is 13.5. The highest BCUT2D eigenvalue weighted by Gasteiger charge is 2.19. The van der Waals surface area contributed by atoms with Gasteiger partial charge in [-0.25, -0.2) is 0 Å². The first-order chi connectivity index (χ1) is 7.71. The molecule has 0 aliphatic carbocycles. The van der Waals surface area contributed by atoms with Crippen LogP contribution in [0.1, 0.15) is 20.8 Å². The first-order valence-corrected chi connectivity index (χ1v) is 6.43. The van der Waals surface area contributed by atoms with Crippen LogP contribution in [0.2, 0.25) is 0 Å². The average Bonchev–Trinajstić information content (AvgIpc) is 2.31. The molecule has 0 spiro atoms. The zero-order chi connectivity index (χ0) is 12.0. The third-order valence-corrected chi connectivity index (χ3v) is 3.39. The molecule has 0 aromatic rings. The minimum atomic E-state index is 0.273. The summed E-state index contributed by atoms with van der Waals surface area (Å²) in [6.45, 7) is 13.9. The Morgan fingerprint density at radius 2 is 1.50 bits per heavy atom. The first-order valence-electron chi connectivity index (χ1n) is 6.43. The Bertz CT molecular complexity index is 208. The molecule has 1 aliphatic rings. The highest BCUT2D eigenvalue weighted by atomic mass is 16.2. The highest BCUT2D eigenvalue weighted by Crippen LogP contribution is 2.02. The van der Waals surface area contributed by atoms with E-state index in [0.717, 1.165) is 45.8 Å². The van der Waals surface area contributed by atoms with Crippen molar-refractivity contribution in [2.45, 2.75) is 20.8 Å². The van der Waals surface area contributed by atoms with Crippen molar-refractivity contribution in [2.24, 2.45) is 0 Å². The van der Waals surface area contributed by atoms with Crippen molar-refractivity contribution >= 4 is 5.91 Å². The number of hydrogen-bond acceptors (Lipinski definition) is 3. The summed E-state index contributed by atoms with van der Waals surface area (Å²) in [5, 5.41) is 0. The van der Waals surface area contributed by atoms with Gasteiger partial charge in [-0.1, -0.05) is 6.92 Å². The van der Waals surface area contributed by atoms with Crippen LogP contribution in [0, 0.1) is 0 Å². The fourth-order valence-corrected chi connectivity index (χ4v) is 2.13. The van der Waals surface area contributed by atoms with Crippen LogP contribution < -0.4 is 0 Å². The molecule has 0 aromatic heterocycles. The van der Waals surface area contributed by atoms with E-state index in [-0.39, 0.29) is 5.91 Å². The van der Waals surface area contributed by atoms with Gasteiger partial charge in [-0.05, 0) is 20.4 Å². The second-order valence-electron chi connectivity index (χ2n) is 4.28. The van der Waals surface area contributed by atoms with Crippen LogP contribution >= 0.6 is 0 Å². The van der Waals surface area contributed by atoms with E-state index in [0.29, 0.717) is 6.54 Å². The van der Waals surface area contributed by atoms with E-state index in [1.54, 1.807) is 0 Å². The molecule has 1 saturated heterocycles. The van der Waals surface area contributed by atoms with Crippen molar-refractivity contribution < 1.29 is 4.79 Å². The second kappa shape index (κ2) is 6.86. The van der Waals surface area contributed by atoms with Gasteiger partial charge in [0.1, 0.15) is 0 Å². The summed E-state index contributed by atoms with van der Waals surface area (Å²) in [6, 6.07) is 0. The molecule has 0 N–H and O–H groups in total. The standard InChI is InChI=1S/C12H25N3O/c1-4-13-7-9-14(10-8-13)11-12(16)15(5-2)6-3/h4-11H2,1-3H3. The fourth-order valence-electron chi connectivity index (χ4n) is 2.13. The lowest BCUT2D eigenvalue weighted by atomic mass is 10.3. The van der Waals surface area contributed by atoms with E-state index in [9.17, 15) is 4.79 Å². The summed E-state index contributed by atoms with van der Waals surface area (Å²) < 4.78 is 0. The Labute approximate surface area is 99.2 Å². The van der Waals surface area contributed by atoms with E-state index in [4.69, 9.17) is 0 Å². The number of amides is 1. The predicted octanol–water partition coefficient (Wildman–Crippen LogP) is 0.492. The van der Waals surface area contributed by atoms with Gasteiger partial charge in [0.05, 0.1) is 6.54 Å². The number of carbonyl (C=O) groups excluding carboxylic acids is 1. The smallest absolute Gasteiger partial charge is 0.236 e. The van der Waals surface area contributed by atoms with E-state index in [1.807, 2.05) is 18.7 Å². The summed E-state index contributed by atoms with van der Waals surface area (Å²) in [6.07, 6.45) is 0. The summed E-state index contributed by atoms with van der Waals surface area (Å²) >= 11 is 0. The zero-order valence-corrected chi connectivity index (χ0v) is 10.9. The van der Waals surface area contributed by atoms with Crippen LogP contribution in [0.25, 0.3) is 0 Å². The Morgan fingerprint density at radius 1 is 1.00 bits per heavy atom. The monoisotopic (exact) mass is 227 g/mol. The average molecular weight is 227 g/mol. The SMILES string of the molecule is CCN1CCN(CC(=O)N(CC)CC)CC1. The van der Waals surface area contributed by atoms with Gasteiger partial charge in [-0.3, -0.25) is 9.69 Å². The number of rotatable bonds is 5. The van der Waals surface area contributed by atoms with E-state index < -0.39 is 0 Å². The van der Waals surface area contributed by atoms with Gasteiger partial charge in [-0.2, -0.15) is 0 Å². The third-order valence-electron chi connectivity index (χ3n) is 3.39. The number of hydrogen-bond donors (Lipinski definition) is 0. The topological polar surface area (TPSA) is 26.8 Å². The van der Waals surface area contributed by atoms with Crippen LogP contribution in [0.3, 0.4) is 0 Å². The Kier molecular flexibility index (Phi) is 5.77. The minimum absolute atomic E-state index is 0.273. The van der Waals surface area contributed by atoms with Gasteiger partial charge in [0.15, 0.2) is 0 Å². The molecule has 1 aliphatic heterocycles. The maximum Gasteiger partial charge on any atom is 0.236 e. The summed E-state index contributed by atoms with van der Waals surface area (Å²) in [4.78, 5) is 18.5. The van der Waals surface area contributed by atoms with Crippen molar-refractivity contribution in [3.63, 3.8) is 0 Å². The highest BCUT2D eigenvalue weighted by molar-refractivity contribution is 5.78. The van der Waals surface area contributed by atoms with Crippen molar-refractivity contribution in [3.05, 3.63) is 0 Å². The lowest BCUT2D eigenvalue weighted by Gasteiger charge is -2.34. The van der Waals surface area contributed by atoms with Crippen molar-refractivity contribution in [1.29, 1.82) is 0 Å². The lowest BCUT2D eigenvalue weighted by Crippen LogP contribution is -2.49. The molecule has 0 radical (unpaired) electrons. The Hall–Kier alpha value is -0.610.